The van der Waals surface area contributed by atoms with Crippen molar-refractivity contribution in [1.82, 2.24) is 9.88 Å². The third kappa shape index (κ3) is 4.72. The second-order valence-electron chi connectivity index (χ2n) is 8.29. The van der Waals surface area contributed by atoms with Crippen LogP contribution in [-0.4, -0.2) is 64.4 Å². The molecule has 2 amide bonds. The maximum Gasteiger partial charge on any atom is 0.263 e. The van der Waals surface area contributed by atoms with Gasteiger partial charge in [0.1, 0.15) is 24.3 Å². The number of aryl methyl sites for hydroxylation is 1. The number of anilines is 1. The molecule has 2 fully saturated rings. The van der Waals surface area contributed by atoms with Crippen molar-refractivity contribution in [2.45, 2.75) is 44.1 Å². The molecule has 1 aromatic carbocycles. The second kappa shape index (κ2) is 8.82. The highest BCUT2D eigenvalue weighted by Gasteiger charge is 2.51. The summed E-state index contributed by atoms with van der Waals surface area (Å²) in [5.41, 5.74) is 0.650. The molecule has 0 bridgehead atoms. The monoisotopic (exact) mass is 445 g/mol. The first kappa shape index (κ1) is 22.1. The van der Waals surface area contributed by atoms with Gasteiger partial charge in [0.15, 0.2) is 11.8 Å². The van der Waals surface area contributed by atoms with E-state index in [2.05, 4.69) is 10.3 Å². The molecular formula is C23H25F2N3O4. The van der Waals surface area contributed by atoms with Crippen LogP contribution in [0, 0.1) is 6.92 Å². The van der Waals surface area contributed by atoms with Crippen LogP contribution in [0.15, 0.2) is 36.5 Å². The van der Waals surface area contributed by atoms with Crippen molar-refractivity contribution in [2.75, 3.05) is 25.0 Å². The average Bonchev–Trinajstić information content (AvgIpc) is 3.54. The van der Waals surface area contributed by atoms with Crippen LogP contribution in [0.4, 0.5) is 14.6 Å². The molecule has 9 heteroatoms. The van der Waals surface area contributed by atoms with Crippen molar-refractivity contribution in [3.8, 4) is 16.9 Å². The molecule has 1 saturated carbocycles. The Kier molecular flexibility index (Phi) is 6.10. The van der Waals surface area contributed by atoms with Crippen molar-refractivity contribution in [3.63, 3.8) is 0 Å². The second-order valence-corrected chi connectivity index (χ2v) is 8.29. The molecule has 1 saturated heterocycles. The number of carbonyl (C=O) groups is 2. The fraction of sp³-hybridized carbons (Fsp3) is 0.435. The summed E-state index contributed by atoms with van der Waals surface area (Å²) in [6.45, 7) is 1.44. The first-order valence-electron chi connectivity index (χ1n) is 10.6. The number of nitrogens with zero attached hydrogens (tertiary/aromatic N) is 2. The highest BCUT2D eigenvalue weighted by molar-refractivity contribution is 5.98. The van der Waals surface area contributed by atoms with E-state index in [1.165, 1.54) is 11.1 Å². The minimum Gasteiger partial charge on any atom is -0.487 e. The lowest BCUT2D eigenvalue weighted by Crippen LogP contribution is -2.50. The van der Waals surface area contributed by atoms with Gasteiger partial charge >= 0.3 is 0 Å². The Labute approximate surface area is 184 Å². The number of benzene rings is 1. The zero-order chi connectivity index (χ0) is 22.9. The first-order chi connectivity index (χ1) is 15.3. The van der Waals surface area contributed by atoms with E-state index in [1.807, 2.05) is 19.1 Å². The lowest BCUT2D eigenvalue weighted by molar-refractivity contribution is -0.138. The maximum absolute atomic E-state index is 14.5. The van der Waals surface area contributed by atoms with Crippen molar-refractivity contribution in [3.05, 3.63) is 42.1 Å². The van der Waals surface area contributed by atoms with Gasteiger partial charge in [0.25, 0.3) is 5.91 Å². The number of nitrogens with one attached hydrogen (secondary N) is 1. The number of piperidine rings is 1. The largest absolute Gasteiger partial charge is 0.487 e. The van der Waals surface area contributed by atoms with Crippen LogP contribution in [-0.2, 0) is 9.59 Å². The fourth-order valence-corrected chi connectivity index (χ4v) is 3.71. The van der Waals surface area contributed by atoms with E-state index in [0.29, 0.717) is 18.7 Å². The fourth-order valence-electron chi connectivity index (χ4n) is 3.71. The van der Waals surface area contributed by atoms with Crippen LogP contribution in [0.25, 0.3) is 11.1 Å². The SMILES string of the molecule is Cc1cc(-c2ccnc(NC(=O)C3(F)CC3)c2)ccc1O[C@H]1CCN(C(=O)CO)C[C@H]1F. The van der Waals surface area contributed by atoms with Crippen molar-refractivity contribution in [2.24, 2.45) is 0 Å². The Hall–Kier alpha value is -3.07. The number of aliphatic hydroxyl groups is 1. The Morgan fingerprint density at radius 3 is 2.69 bits per heavy atom. The van der Waals surface area contributed by atoms with Gasteiger partial charge in [-0.05, 0) is 60.7 Å². The number of aromatic nitrogens is 1. The van der Waals surface area contributed by atoms with Crippen LogP contribution in [0.5, 0.6) is 5.75 Å². The lowest BCUT2D eigenvalue weighted by Gasteiger charge is -2.34. The summed E-state index contributed by atoms with van der Waals surface area (Å²) in [4.78, 5) is 28.9. The molecule has 2 aromatic rings. The molecule has 32 heavy (non-hydrogen) atoms. The summed E-state index contributed by atoms with van der Waals surface area (Å²) in [7, 11) is 0. The maximum atomic E-state index is 14.5. The van der Waals surface area contributed by atoms with Crippen molar-refractivity contribution < 1.29 is 28.2 Å². The van der Waals surface area contributed by atoms with Crippen molar-refractivity contribution >= 4 is 17.6 Å². The Morgan fingerprint density at radius 1 is 1.28 bits per heavy atom. The number of ether oxygens (including phenoxy) is 1. The minimum absolute atomic E-state index is 0.104. The Morgan fingerprint density at radius 2 is 2.03 bits per heavy atom. The molecule has 170 valence electrons. The Bertz CT molecular complexity index is 1030. The number of likely N-dealkylation sites (tertiary alicyclic amines) is 1. The molecule has 1 aliphatic carbocycles. The van der Waals surface area contributed by atoms with Gasteiger partial charge in [0.2, 0.25) is 5.91 Å². The number of carbonyl (C=O) groups excluding carboxylic acids is 2. The highest BCUT2D eigenvalue weighted by atomic mass is 19.1. The summed E-state index contributed by atoms with van der Waals surface area (Å²) < 4.78 is 34.3. The molecule has 4 rings (SSSR count). The number of rotatable bonds is 6. The van der Waals surface area contributed by atoms with Crippen LogP contribution in [0.3, 0.4) is 0 Å². The zero-order valence-electron chi connectivity index (χ0n) is 17.7. The van der Waals surface area contributed by atoms with Gasteiger partial charge in [-0.2, -0.15) is 0 Å². The standard InChI is InChI=1S/C23H25F2N3O4/c1-14-10-15(16-4-8-26-20(11-16)27-22(31)23(25)6-7-23)2-3-18(14)32-19-5-9-28(12-17(19)24)21(30)13-29/h2-4,8,10-11,17,19,29H,5-7,9,12-13H2,1H3,(H,26,27,31)/t17-,19+/m1/s1. The molecule has 1 aliphatic heterocycles. The molecule has 7 nitrogen and oxygen atoms in total. The van der Waals surface area contributed by atoms with Crippen molar-refractivity contribution in [1.29, 1.82) is 0 Å². The molecule has 0 spiro atoms. The quantitative estimate of drug-likeness (QED) is 0.714. The summed E-state index contributed by atoms with van der Waals surface area (Å²) in [5.74, 6) is -0.342. The van der Waals surface area contributed by atoms with Crippen LogP contribution >= 0.6 is 0 Å². The van der Waals surface area contributed by atoms with E-state index in [0.717, 1.165) is 16.7 Å². The molecule has 0 radical (unpaired) electrons. The van der Waals surface area contributed by atoms with Crippen LogP contribution < -0.4 is 10.1 Å². The van der Waals surface area contributed by atoms with Crippen LogP contribution in [0.2, 0.25) is 0 Å². The summed E-state index contributed by atoms with van der Waals surface area (Å²) in [5, 5.41) is 11.5. The number of halogens is 2. The predicted octanol–water partition coefficient (Wildman–Crippen LogP) is 2.81. The number of amides is 2. The topological polar surface area (TPSA) is 91.8 Å². The van der Waals surface area contributed by atoms with Gasteiger partial charge in [0.05, 0.1) is 6.54 Å². The number of pyridine rings is 1. The van der Waals surface area contributed by atoms with Gasteiger partial charge in [-0.25, -0.2) is 13.8 Å². The third-order valence-corrected chi connectivity index (χ3v) is 5.85. The lowest BCUT2D eigenvalue weighted by atomic mass is 10.0. The molecule has 2 atom stereocenters. The summed E-state index contributed by atoms with van der Waals surface area (Å²) in [6.07, 6.45) is 0.302. The number of alkyl halides is 2. The molecule has 2 aliphatic rings. The van der Waals surface area contributed by atoms with E-state index < -0.39 is 36.4 Å². The first-order valence-corrected chi connectivity index (χ1v) is 10.6. The van der Waals surface area contributed by atoms with Gasteiger partial charge in [0, 0.05) is 19.2 Å². The average molecular weight is 445 g/mol. The zero-order valence-corrected chi connectivity index (χ0v) is 17.7. The molecule has 1 aromatic heterocycles. The van der Waals surface area contributed by atoms with Gasteiger partial charge in [-0.1, -0.05) is 6.07 Å². The molecule has 2 heterocycles. The smallest absolute Gasteiger partial charge is 0.263 e. The minimum atomic E-state index is -1.77. The molecule has 2 N–H and O–H groups in total. The van der Waals surface area contributed by atoms with E-state index in [-0.39, 0.29) is 25.2 Å². The van der Waals surface area contributed by atoms with Gasteiger partial charge in [-0.15, -0.1) is 0 Å². The normalized spacial score (nSPS) is 21.7. The predicted molar refractivity (Wildman–Crippen MR) is 114 cm³/mol. The van der Waals surface area contributed by atoms with E-state index in [4.69, 9.17) is 9.84 Å². The Balaban J connectivity index is 1.43. The van der Waals surface area contributed by atoms with Crippen LogP contribution in [0.1, 0.15) is 24.8 Å². The number of hydrogen-bond donors (Lipinski definition) is 2. The summed E-state index contributed by atoms with van der Waals surface area (Å²) in [6, 6.07) is 8.90. The highest BCUT2D eigenvalue weighted by Crippen LogP contribution is 2.40. The summed E-state index contributed by atoms with van der Waals surface area (Å²) >= 11 is 0. The van der Waals surface area contributed by atoms with Gasteiger partial charge in [-0.3, -0.25) is 9.59 Å². The number of aliphatic hydroxyl groups excluding tert-OH is 1. The third-order valence-electron chi connectivity index (χ3n) is 5.85. The molecule has 0 unspecified atom stereocenters. The van der Waals surface area contributed by atoms with E-state index in [1.54, 1.807) is 18.2 Å². The van der Waals surface area contributed by atoms with Gasteiger partial charge < -0.3 is 20.1 Å². The molecular weight excluding hydrogens is 420 g/mol. The van der Waals surface area contributed by atoms with E-state index in [9.17, 15) is 18.4 Å². The number of hydrogen-bond acceptors (Lipinski definition) is 5. The van der Waals surface area contributed by atoms with E-state index >= 15 is 0 Å².